The van der Waals surface area contributed by atoms with Gasteiger partial charge in [-0.05, 0) is 44.6 Å². The molecule has 1 aromatic rings. The number of nitrogens with zero attached hydrogens (tertiary/aromatic N) is 1. The maximum Gasteiger partial charge on any atom is 0.176 e. The Morgan fingerprint density at radius 2 is 2.25 bits per heavy atom. The summed E-state index contributed by atoms with van der Waals surface area (Å²) in [6.07, 6.45) is 1.08. The lowest BCUT2D eigenvalue weighted by Gasteiger charge is -2.18. The van der Waals surface area contributed by atoms with Crippen molar-refractivity contribution in [2.45, 2.75) is 13.3 Å². The van der Waals surface area contributed by atoms with Crippen LogP contribution in [0.2, 0.25) is 0 Å². The highest BCUT2D eigenvalue weighted by Gasteiger charge is 2.15. The smallest absolute Gasteiger partial charge is 0.176 e. The number of nitrogens with two attached hydrogens (primary N) is 1. The Bertz CT molecular complexity index is 454. The lowest BCUT2D eigenvalue weighted by Crippen LogP contribution is -2.33. The molecule has 5 nitrogen and oxygen atoms in total. The number of hydrogen-bond acceptors (Lipinski definition) is 5. The lowest BCUT2D eigenvalue weighted by atomic mass is 10.1. The van der Waals surface area contributed by atoms with Crippen LogP contribution < -0.4 is 15.8 Å². The SMILES string of the molecule is CCOc1ccc(C(=O)CN2CCCNCC2)cc1N. The maximum absolute atomic E-state index is 12.3. The molecular formula is C15H23N3O2. The topological polar surface area (TPSA) is 67.6 Å². The van der Waals surface area contributed by atoms with E-state index in [1.807, 2.05) is 6.92 Å². The van der Waals surface area contributed by atoms with Crippen LogP contribution in [0.3, 0.4) is 0 Å². The highest BCUT2D eigenvalue weighted by atomic mass is 16.5. The quantitative estimate of drug-likeness (QED) is 0.624. The zero-order valence-electron chi connectivity index (χ0n) is 12.0. The van der Waals surface area contributed by atoms with Crippen molar-refractivity contribution in [1.82, 2.24) is 10.2 Å². The average Bonchev–Trinajstić information content (AvgIpc) is 2.70. The molecule has 2 rings (SSSR count). The lowest BCUT2D eigenvalue weighted by molar-refractivity contribution is 0.0935. The van der Waals surface area contributed by atoms with E-state index in [1.165, 1.54) is 0 Å². The van der Waals surface area contributed by atoms with Crippen LogP contribution in [0.4, 0.5) is 5.69 Å². The van der Waals surface area contributed by atoms with E-state index in [4.69, 9.17) is 10.5 Å². The van der Waals surface area contributed by atoms with Crippen molar-refractivity contribution in [3.05, 3.63) is 23.8 Å². The fourth-order valence-corrected chi connectivity index (χ4v) is 2.36. The zero-order chi connectivity index (χ0) is 14.4. The Hall–Kier alpha value is -1.59. The number of ketones is 1. The molecule has 1 aromatic carbocycles. The number of ether oxygens (including phenoxy) is 1. The van der Waals surface area contributed by atoms with Crippen molar-refractivity contribution in [1.29, 1.82) is 0 Å². The summed E-state index contributed by atoms with van der Waals surface area (Å²) in [7, 11) is 0. The first-order valence-corrected chi connectivity index (χ1v) is 7.19. The van der Waals surface area contributed by atoms with Crippen LogP contribution in [0.1, 0.15) is 23.7 Å². The third-order valence-electron chi connectivity index (χ3n) is 3.43. The van der Waals surface area contributed by atoms with Crippen LogP contribution in [-0.2, 0) is 0 Å². The highest BCUT2D eigenvalue weighted by molar-refractivity contribution is 5.98. The fraction of sp³-hybridized carbons (Fsp3) is 0.533. The molecule has 1 heterocycles. The van der Waals surface area contributed by atoms with E-state index in [-0.39, 0.29) is 5.78 Å². The molecular weight excluding hydrogens is 254 g/mol. The number of benzene rings is 1. The van der Waals surface area contributed by atoms with Gasteiger partial charge in [-0.2, -0.15) is 0 Å². The fourth-order valence-electron chi connectivity index (χ4n) is 2.36. The van der Waals surface area contributed by atoms with Gasteiger partial charge in [0.25, 0.3) is 0 Å². The van der Waals surface area contributed by atoms with Crippen LogP contribution in [-0.4, -0.2) is 50.0 Å². The van der Waals surface area contributed by atoms with E-state index >= 15 is 0 Å². The molecule has 0 atom stereocenters. The summed E-state index contributed by atoms with van der Waals surface area (Å²) in [4.78, 5) is 14.5. The minimum absolute atomic E-state index is 0.113. The number of carbonyl (C=O) groups excluding carboxylic acids is 1. The predicted molar refractivity (Wildman–Crippen MR) is 80.3 cm³/mol. The Kier molecular flexibility index (Phi) is 5.38. The molecule has 0 aromatic heterocycles. The van der Waals surface area contributed by atoms with Crippen molar-refractivity contribution >= 4 is 11.5 Å². The van der Waals surface area contributed by atoms with E-state index in [0.29, 0.717) is 30.2 Å². The molecule has 0 bridgehead atoms. The van der Waals surface area contributed by atoms with Gasteiger partial charge in [0, 0.05) is 18.7 Å². The van der Waals surface area contributed by atoms with Gasteiger partial charge in [-0.15, -0.1) is 0 Å². The van der Waals surface area contributed by atoms with Gasteiger partial charge in [0.1, 0.15) is 5.75 Å². The monoisotopic (exact) mass is 277 g/mol. The van der Waals surface area contributed by atoms with Gasteiger partial charge >= 0.3 is 0 Å². The van der Waals surface area contributed by atoms with Gasteiger partial charge in [0.2, 0.25) is 0 Å². The van der Waals surface area contributed by atoms with Crippen LogP contribution >= 0.6 is 0 Å². The second-order valence-corrected chi connectivity index (χ2v) is 4.99. The summed E-state index contributed by atoms with van der Waals surface area (Å²) in [5.74, 6) is 0.754. The molecule has 1 aliphatic heterocycles. The van der Waals surface area contributed by atoms with Gasteiger partial charge in [0.05, 0.1) is 18.8 Å². The van der Waals surface area contributed by atoms with Gasteiger partial charge in [-0.3, -0.25) is 9.69 Å². The summed E-state index contributed by atoms with van der Waals surface area (Å²) >= 11 is 0. The summed E-state index contributed by atoms with van der Waals surface area (Å²) in [6, 6.07) is 5.28. The third-order valence-corrected chi connectivity index (χ3v) is 3.43. The van der Waals surface area contributed by atoms with Crippen molar-refractivity contribution in [3.63, 3.8) is 0 Å². The predicted octanol–water partition coefficient (Wildman–Crippen LogP) is 1.15. The maximum atomic E-state index is 12.3. The molecule has 0 unspecified atom stereocenters. The van der Waals surface area contributed by atoms with Gasteiger partial charge < -0.3 is 15.8 Å². The van der Waals surface area contributed by atoms with E-state index < -0.39 is 0 Å². The van der Waals surface area contributed by atoms with Crippen LogP contribution in [0.25, 0.3) is 0 Å². The van der Waals surface area contributed by atoms with Gasteiger partial charge in [-0.1, -0.05) is 0 Å². The molecule has 3 N–H and O–H groups in total. The Morgan fingerprint density at radius 3 is 3.00 bits per heavy atom. The van der Waals surface area contributed by atoms with Crippen LogP contribution in [0.5, 0.6) is 5.75 Å². The molecule has 0 amide bonds. The van der Waals surface area contributed by atoms with Crippen LogP contribution in [0, 0.1) is 0 Å². The van der Waals surface area contributed by atoms with Crippen molar-refractivity contribution < 1.29 is 9.53 Å². The molecule has 0 radical (unpaired) electrons. The minimum atomic E-state index is 0.113. The van der Waals surface area contributed by atoms with Crippen molar-refractivity contribution in [3.8, 4) is 5.75 Å². The van der Waals surface area contributed by atoms with Crippen LogP contribution in [0.15, 0.2) is 18.2 Å². The van der Waals surface area contributed by atoms with Gasteiger partial charge in [-0.25, -0.2) is 0 Å². The third kappa shape index (κ3) is 3.95. The zero-order valence-corrected chi connectivity index (χ0v) is 12.0. The summed E-state index contributed by atoms with van der Waals surface area (Å²) < 4.78 is 5.38. The molecule has 1 aliphatic rings. The number of Topliss-reactive ketones (excluding diaryl/α,β-unsaturated/α-hetero) is 1. The molecule has 0 saturated carbocycles. The van der Waals surface area contributed by atoms with E-state index in [0.717, 1.165) is 32.6 Å². The largest absolute Gasteiger partial charge is 0.492 e. The Morgan fingerprint density at radius 1 is 1.40 bits per heavy atom. The first-order valence-electron chi connectivity index (χ1n) is 7.19. The average molecular weight is 277 g/mol. The normalized spacial score (nSPS) is 16.6. The number of hydrogen-bond donors (Lipinski definition) is 2. The molecule has 1 fully saturated rings. The van der Waals surface area contributed by atoms with Crippen molar-refractivity contribution in [2.24, 2.45) is 0 Å². The second-order valence-electron chi connectivity index (χ2n) is 4.99. The number of anilines is 1. The first-order chi connectivity index (χ1) is 9.70. The molecule has 1 saturated heterocycles. The molecule has 20 heavy (non-hydrogen) atoms. The van der Waals surface area contributed by atoms with Crippen molar-refractivity contribution in [2.75, 3.05) is 45.1 Å². The summed E-state index contributed by atoms with van der Waals surface area (Å²) in [6.45, 7) is 6.78. The Labute approximate surface area is 120 Å². The number of rotatable bonds is 5. The first kappa shape index (κ1) is 14.8. The summed E-state index contributed by atoms with van der Waals surface area (Å²) in [5, 5.41) is 3.33. The number of carbonyl (C=O) groups is 1. The highest BCUT2D eigenvalue weighted by Crippen LogP contribution is 2.22. The van der Waals surface area contributed by atoms with E-state index in [1.54, 1.807) is 18.2 Å². The molecule has 0 spiro atoms. The molecule has 0 aliphatic carbocycles. The summed E-state index contributed by atoms with van der Waals surface area (Å²) in [5.41, 5.74) is 7.08. The molecule has 110 valence electrons. The Balaban J connectivity index is 1.99. The second kappa shape index (κ2) is 7.26. The minimum Gasteiger partial charge on any atom is -0.492 e. The number of nitrogen functional groups attached to an aromatic ring is 1. The van der Waals surface area contributed by atoms with E-state index in [9.17, 15) is 4.79 Å². The van der Waals surface area contributed by atoms with E-state index in [2.05, 4.69) is 10.2 Å². The number of nitrogens with one attached hydrogen (secondary N) is 1. The molecule has 5 heteroatoms. The van der Waals surface area contributed by atoms with Gasteiger partial charge in [0.15, 0.2) is 5.78 Å². The standard InChI is InChI=1S/C15H23N3O2/c1-2-20-15-5-4-12(10-13(15)16)14(19)11-18-8-3-6-17-7-9-18/h4-5,10,17H,2-3,6-9,11,16H2,1H3.